The summed E-state index contributed by atoms with van der Waals surface area (Å²) in [6.45, 7) is 8.59. The highest BCUT2D eigenvalue weighted by Crippen LogP contribution is 2.19. The molecule has 0 aliphatic carbocycles. The van der Waals surface area contributed by atoms with E-state index in [-0.39, 0.29) is 0 Å². The van der Waals surface area contributed by atoms with Gasteiger partial charge in [0.2, 0.25) is 0 Å². The van der Waals surface area contributed by atoms with Crippen molar-refractivity contribution >= 4 is 0 Å². The summed E-state index contributed by atoms with van der Waals surface area (Å²) in [5, 5.41) is 17.2. The maximum absolute atomic E-state index is 9.14. The molecule has 0 atom stereocenters. The fraction of sp³-hybridized carbons (Fsp3) is 0.438. The highest BCUT2D eigenvalue weighted by atomic mass is 15.4. The van der Waals surface area contributed by atoms with Crippen molar-refractivity contribution < 1.29 is 0 Å². The van der Waals surface area contributed by atoms with Crippen LogP contribution < -0.4 is 0 Å². The van der Waals surface area contributed by atoms with Crippen LogP contribution in [0.25, 0.3) is 5.69 Å². The van der Waals surface area contributed by atoms with Crippen molar-refractivity contribution in [1.29, 1.82) is 5.26 Å². The average molecular weight is 268 g/mol. The molecule has 0 saturated heterocycles. The van der Waals surface area contributed by atoms with E-state index in [1.165, 1.54) is 5.56 Å². The molecule has 1 heterocycles. The van der Waals surface area contributed by atoms with E-state index in [1.54, 1.807) is 4.68 Å². The summed E-state index contributed by atoms with van der Waals surface area (Å²) in [6, 6.07) is 10.4. The van der Waals surface area contributed by atoms with Crippen molar-refractivity contribution in [3.05, 3.63) is 41.2 Å². The molecule has 0 saturated carbocycles. The lowest BCUT2D eigenvalue weighted by molar-refractivity contribution is 0.613. The van der Waals surface area contributed by atoms with Gasteiger partial charge in [0.25, 0.3) is 0 Å². The summed E-state index contributed by atoms with van der Waals surface area (Å²) in [7, 11) is 0. The van der Waals surface area contributed by atoms with Gasteiger partial charge in [0.15, 0.2) is 5.69 Å². The highest BCUT2D eigenvalue weighted by Gasteiger charge is 2.15. The number of rotatable bonds is 4. The topological polar surface area (TPSA) is 54.5 Å². The first-order chi connectivity index (χ1) is 9.52. The number of hydrogen-bond acceptors (Lipinski definition) is 3. The van der Waals surface area contributed by atoms with Gasteiger partial charge in [-0.25, -0.2) is 4.68 Å². The van der Waals surface area contributed by atoms with E-state index in [0.717, 1.165) is 17.8 Å². The fourth-order valence-electron chi connectivity index (χ4n) is 2.17. The number of nitriles is 1. The molecule has 0 N–H and O–H groups in total. The van der Waals surface area contributed by atoms with Crippen LogP contribution >= 0.6 is 0 Å². The van der Waals surface area contributed by atoms with Gasteiger partial charge in [-0.05, 0) is 36.0 Å². The Balaban J connectivity index is 2.42. The Hall–Kier alpha value is -2.15. The summed E-state index contributed by atoms with van der Waals surface area (Å²) < 4.78 is 1.78. The van der Waals surface area contributed by atoms with Gasteiger partial charge in [0.05, 0.1) is 11.4 Å². The summed E-state index contributed by atoms with van der Waals surface area (Å²) in [5.41, 5.74) is 3.56. The van der Waals surface area contributed by atoms with E-state index in [9.17, 15) is 0 Å². The van der Waals surface area contributed by atoms with Crippen LogP contribution in [0.3, 0.4) is 0 Å². The van der Waals surface area contributed by atoms with E-state index in [2.05, 4.69) is 56.2 Å². The molecule has 0 unspecified atom stereocenters. The predicted octanol–water partition coefficient (Wildman–Crippen LogP) is 3.46. The molecule has 2 aromatic rings. The summed E-state index contributed by atoms with van der Waals surface area (Å²) in [6.07, 6.45) is 0.793. The van der Waals surface area contributed by atoms with E-state index in [4.69, 9.17) is 5.26 Å². The monoisotopic (exact) mass is 268 g/mol. The molecule has 0 bridgehead atoms. The Morgan fingerprint density at radius 3 is 2.30 bits per heavy atom. The first-order valence-electron chi connectivity index (χ1n) is 6.98. The van der Waals surface area contributed by atoms with Crippen molar-refractivity contribution in [2.75, 3.05) is 0 Å². The Labute approximate surface area is 120 Å². The van der Waals surface area contributed by atoms with Gasteiger partial charge in [-0.3, -0.25) is 0 Å². The zero-order valence-corrected chi connectivity index (χ0v) is 12.5. The number of benzene rings is 1. The lowest BCUT2D eigenvalue weighted by atomic mass is 10.0. The SMILES string of the molecule is CC(C)Cc1c(C#N)nnn1-c1ccc(C(C)C)cc1. The fourth-order valence-corrected chi connectivity index (χ4v) is 2.17. The van der Waals surface area contributed by atoms with Crippen LogP contribution in [-0.2, 0) is 6.42 Å². The standard InChI is InChI=1S/C16H20N4/c1-11(2)9-16-15(10-17)18-19-20(16)14-7-5-13(6-8-14)12(3)4/h5-8,11-12H,9H2,1-4H3. The Morgan fingerprint density at radius 1 is 1.15 bits per heavy atom. The molecular weight excluding hydrogens is 248 g/mol. The third kappa shape index (κ3) is 2.88. The van der Waals surface area contributed by atoms with Gasteiger partial charge < -0.3 is 0 Å². The molecule has 0 radical (unpaired) electrons. The maximum Gasteiger partial charge on any atom is 0.186 e. The molecule has 0 aliphatic rings. The molecule has 0 amide bonds. The minimum atomic E-state index is 0.423. The van der Waals surface area contributed by atoms with Gasteiger partial charge in [-0.2, -0.15) is 5.26 Å². The van der Waals surface area contributed by atoms with E-state index in [1.807, 2.05) is 12.1 Å². The van der Waals surface area contributed by atoms with Crippen LogP contribution in [0.4, 0.5) is 0 Å². The molecular formula is C16H20N4. The van der Waals surface area contributed by atoms with Crippen LogP contribution in [-0.4, -0.2) is 15.0 Å². The summed E-state index contributed by atoms with van der Waals surface area (Å²) in [5.74, 6) is 0.957. The molecule has 1 aromatic carbocycles. The molecule has 1 aromatic heterocycles. The molecule has 104 valence electrons. The first kappa shape index (κ1) is 14.3. The minimum Gasteiger partial charge on any atom is -0.216 e. The van der Waals surface area contributed by atoms with E-state index >= 15 is 0 Å². The third-order valence-electron chi connectivity index (χ3n) is 3.28. The average Bonchev–Trinajstić information content (AvgIpc) is 2.81. The van der Waals surface area contributed by atoms with Crippen LogP contribution in [0, 0.1) is 17.2 Å². The second-order valence-corrected chi connectivity index (χ2v) is 5.75. The third-order valence-corrected chi connectivity index (χ3v) is 3.28. The lowest BCUT2D eigenvalue weighted by Gasteiger charge is -2.10. The lowest BCUT2D eigenvalue weighted by Crippen LogP contribution is -2.06. The Bertz CT molecular complexity index is 615. The van der Waals surface area contributed by atoms with Crippen molar-refractivity contribution in [3.8, 4) is 11.8 Å². The molecule has 4 heteroatoms. The molecule has 0 aliphatic heterocycles. The summed E-state index contributed by atoms with van der Waals surface area (Å²) in [4.78, 5) is 0. The van der Waals surface area contributed by atoms with E-state index in [0.29, 0.717) is 17.5 Å². The Morgan fingerprint density at radius 2 is 1.80 bits per heavy atom. The molecule has 0 spiro atoms. The van der Waals surface area contributed by atoms with Crippen LogP contribution in [0.1, 0.15) is 50.6 Å². The maximum atomic E-state index is 9.14. The number of hydrogen-bond donors (Lipinski definition) is 0. The van der Waals surface area contributed by atoms with Crippen molar-refractivity contribution in [1.82, 2.24) is 15.0 Å². The van der Waals surface area contributed by atoms with Crippen LogP contribution in [0.15, 0.2) is 24.3 Å². The van der Waals surface area contributed by atoms with Crippen LogP contribution in [0.2, 0.25) is 0 Å². The van der Waals surface area contributed by atoms with Gasteiger partial charge in [-0.15, -0.1) is 5.10 Å². The second-order valence-electron chi connectivity index (χ2n) is 5.75. The molecule has 0 fully saturated rings. The van der Waals surface area contributed by atoms with Gasteiger partial charge in [0, 0.05) is 0 Å². The molecule has 4 nitrogen and oxygen atoms in total. The summed E-state index contributed by atoms with van der Waals surface area (Å²) >= 11 is 0. The van der Waals surface area contributed by atoms with Gasteiger partial charge in [-0.1, -0.05) is 45.0 Å². The van der Waals surface area contributed by atoms with Gasteiger partial charge >= 0.3 is 0 Å². The quantitative estimate of drug-likeness (QED) is 0.853. The predicted molar refractivity (Wildman–Crippen MR) is 78.7 cm³/mol. The van der Waals surface area contributed by atoms with Gasteiger partial charge in [0.1, 0.15) is 6.07 Å². The molecule has 2 rings (SSSR count). The molecule has 20 heavy (non-hydrogen) atoms. The van der Waals surface area contributed by atoms with Crippen molar-refractivity contribution in [2.24, 2.45) is 5.92 Å². The van der Waals surface area contributed by atoms with Crippen molar-refractivity contribution in [2.45, 2.75) is 40.0 Å². The smallest absolute Gasteiger partial charge is 0.186 e. The highest BCUT2D eigenvalue weighted by molar-refractivity contribution is 5.39. The Kier molecular flexibility index (Phi) is 4.19. The minimum absolute atomic E-state index is 0.423. The zero-order valence-electron chi connectivity index (χ0n) is 12.5. The largest absolute Gasteiger partial charge is 0.216 e. The van der Waals surface area contributed by atoms with Crippen LogP contribution in [0.5, 0.6) is 0 Å². The zero-order chi connectivity index (χ0) is 14.7. The second kappa shape index (κ2) is 5.87. The van der Waals surface area contributed by atoms with E-state index < -0.39 is 0 Å². The first-order valence-corrected chi connectivity index (χ1v) is 6.98. The van der Waals surface area contributed by atoms with Crippen molar-refractivity contribution in [3.63, 3.8) is 0 Å². The number of nitrogens with zero attached hydrogens (tertiary/aromatic N) is 4. The normalized spacial score (nSPS) is 11.1. The number of aromatic nitrogens is 3.